The normalized spacial score (nSPS) is 12.9. The van der Waals surface area contributed by atoms with Gasteiger partial charge in [-0.2, -0.15) is 0 Å². The molecule has 0 bridgehead atoms. The number of hydrogen-bond donors (Lipinski definition) is 1. The molecular weight excluding hydrogens is 234 g/mol. The van der Waals surface area contributed by atoms with Crippen molar-refractivity contribution < 1.29 is 4.42 Å². The number of para-hydroxylation sites is 1. The van der Waals surface area contributed by atoms with E-state index >= 15 is 0 Å². The second kappa shape index (κ2) is 7.34. The van der Waals surface area contributed by atoms with Gasteiger partial charge in [-0.1, -0.05) is 50.8 Å². The van der Waals surface area contributed by atoms with E-state index in [1.54, 1.807) is 0 Å². The van der Waals surface area contributed by atoms with Gasteiger partial charge in [-0.15, -0.1) is 0 Å². The Morgan fingerprint density at radius 1 is 1.16 bits per heavy atom. The summed E-state index contributed by atoms with van der Waals surface area (Å²) < 4.78 is 5.55. The molecule has 0 radical (unpaired) electrons. The van der Waals surface area contributed by atoms with Crippen LogP contribution in [0.15, 0.2) is 34.9 Å². The largest absolute Gasteiger partial charge is 0.464 e. The lowest BCUT2D eigenvalue weighted by molar-refractivity contribution is 0.481. The first kappa shape index (κ1) is 14.1. The van der Waals surface area contributed by atoms with E-state index in [9.17, 15) is 0 Å². The maximum atomic E-state index is 5.55. The van der Waals surface area contributed by atoms with Crippen molar-refractivity contribution in [1.82, 2.24) is 5.32 Å². The predicted octanol–water partition coefficient (Wildman–Crippen LogP) is 4.88. The first-order valence-corrected chi connectivity index (χ1v) is 7.49. The zero-order valence-corrected chi connectivity index (χ0v) is 12.1. The Hall–Kier alpha value is -1.28. The average Bonchev–Trinajstić information content (AvgIpc) is 2.85. The van der Waals surface area contributed by atoms with Crippen molar-refractivity contribution >= 4 is 11.0 Å². The summed E-state index contributed by atoms with van der Waals surface area (Å²) in [6.45, 7) is 5.42. The summed E-state index contributed by atoms with van der Waals surface area (Å²) in [6, 6.07) is 8.80. The minimum atomic E-state index is 0.575. The maximum Gasteiger partial charge on any atom is 0.134 e. The Kier molecular flexibility index (Phi) is 5.46. The third kappa shape index (κ3) is 4.10. The highest BCUT2D eigenvalue weighted by Gasteiger charge is 2.06. The summed E-state index contributed by atoms with van der Waals surface area (Å²) in [4.78, 5) is 0. The van der Waals surface area contributed by atoms with Crippen molar-refractivity contribution in [3.63, 3.8) is 0 Å². The molecule has 0 aliphatic heterocycles. The fraction of sp³-hybridized carbons (Fsp3) is 0.529. The van der Waals surface area contributed by atoms with Crippen LogP contribution in [0.5, 0.6) is 0 Å². The molecule has 19 heavy (non-hydrogen) atoms. The van der Waals surface area contributed by atoms with Gasteiger partial charge in [0.25, 0.3) is 0 Å². The summed E-state index contributed by atoms with van der Waals surface area (Å²) in [6.07, 6.45) is 8.49. The number of furan rings is 1. The Morgan fingerprint density at radius 2 is 2.00 bits per heavy atom. The molecule has 2 nitrogen and oxygen atoms in total. The number of rotatable bonds is 8. The van der Waals surface area contributed by atoms with Gasteiger partial charge in [0.15, 0.2) is 0 Å². The van der Waals surface area contributed by atoms with Crippen molar-refractivity contribution in [2.45, 2.75) is 58.5 Å². The average molecular weight is 259 g/mol. The predicted molar refractivity (Wildman–Crippen MR) is 81.3 cm³/mol. The molecule has 1 unspecified atom stereocenters. The molecule has 0 amide bonds. The standard InChI is InChI=1S/C17H25NO/c1-3-4-5-6-9-14(2)18-12-15-13-19-17-11-8-7-10-16(15)17/h7-8,10-11,13-14,18H,3-6,9,12H2,1-2H3. The molecule has 0 aliphatic rings. The molecule has 1 atom stereocenters. The SMILES string of the molecule is CCCCCCC(C)NCc1coc2ccccc12. The second-order valence-corrected chi connectivity index (χ2v) is 5.39. The molecule has 2 aromatic rings. The third-order valence-electron chi connectivity index (χ3n) is 3.69. The first-order valence-electron chi connectivity index (χ1n) is 7.49. The summed E-state index contributed by atoms with van der Waals surface area (Å²) in [5.74, 6) is 0. The smallest absolute Gasteiger partial charge is 0.134 e. The van der Waals surface area contributed by atoms with Crippen molar-refractivity contribution in [2.24, 2.45) is 0 Å². The molecule has 0 saturated carbocycles. The van der Waals surface area contributed by atoms with Gasteiger partial charge in [-0.05, 0) is 19.4 Å². The van der Waals surface area contributed by atoms with Crippen molar-refractivity contribution in [3.8, 4) is 0 Å². The quantitative estimate of drug-likeness (QED) is 0.683. The zero-order valence-electron chi connectivity index (χ0n) is 12.1. The van der Waals surface area contributed by atoms with Crippen LogP contribution in [0.2, 0.25) is 0 Å². The number of nitrogens with one attached hydrogen (secondary N) is 1. The van der Waals surface area contributed by atoms with Gasteiger partial charge in [-0.3, -0.25) is 0 Å². The van der Waals surface area contributed by atoms with Gasteiger partial charge in [0, 0.05) is 23.5 Å². The first-order chi connectivity index (χ1) is 9.31. The number of hydrogen-bond acceptors (Lipinski definition) is 2. The van der Waals surface area contributed by atoms with E-state index < -0.39 is 0 Å². The maximum absolute atomic E-state index is 5.55. The van der Waals surface area contributed by atoms with Crippen LogP contribution in [0.25, 0.3) is 11.0 Å². The van der Waals surface area contributed by atoms with Crippen LogP contribution in [0, 0.1) is 0 Å². The van der Waals surface area contributed by atoms with Crippen LogP contribution in [-0.4, -0.2) is 6.04 Å². The molecule has 0 saturated heterocycles. The lowest BCUT2D eigenvalue weighted by Crippen LogP contribution is -2.25. The lowest BCUT2D eigenvalue weighted by Gasteiger charge is -2.12. The molecule has 1 heterocycles. The highest BCUT2D eigenvalue weighted by Crippen LogP contribution is 2.20. The lowest BCUT2D eigenvalue weighted by atomic mass is 10.1. The summed E-state index contributed by atoms with van der Waals surface area (Å²) in [7, 11) is 0. The molecule has 2 rings (SSSR count). The molecule has 1 aromatic heterocycles. The summed E-state index contributed by atoms with van der Waals surface area (Å²) in [5.41, 5.74) is 2.24. The number of unbranched alkanes of at least 4 members (excludes halogenated alkanes) is 3. The molecule has 1 aromatic carbocycles. The van der Waals surface area contributed by atoms with Gasteiger partial charge in [0.05, 0.1) is 6.26 Å². The zero-order chi connectivity index (χ0) is 13.5. The second-order valence-electron chi connectivity index (χ2n) is 5.39. The van der Waals surface area contributed by atoms with Gasteiger partial charge >= 0.3 is 0 Å². The minimum Gasteiger partial charge on any atom is -0.464 e. The summed E-state index contributed by atoms with van der Waals surface area (Å²) >= 11 is 0. The van der Waals surface area contributed by atoms with Crippen LogP contribution < -0.4 is 5.32 Å². The van der Waals surface area contributed by atoms with Crippen LogP contribution in [-0.2, 0) is 6.54 Å². The van der Waals surface area contributed by atoms with Crippen molar-refractivity contribution in [1.29, 1.82) is 0 Å². The molecule has 104 valence electrons. The fourth-order valence-corrected chi connectivity index (χ4v) is 2.43. The van der Waals surface area contributed by atoms with E-state index in [2.05, 4.69) is 31.3 Å². The van der Waals surface area contributed by atoms with Gasteiger partial charge in [0.2, 0.25) is 0 Å². The van der Waals surface area contributed by atoms with E-state index in [1.165, 1.54) is 43.1 Å². The van der Waals surface area contributed by atoms with Crippen LogP contribution in [0.4, 0.5) is 0 Å². The Morgan fingerprint density at radius 3 is 2.84 bits per heavy atom. The Balaban J connectivity index is 1.78. The van der Waals surface area contributed by atoms with E-state index in [1.807, 2.05) is 18.4 Å². The van der Waals surface area contributed by atoms with E-state index in [4.69, 9.17) is 4.42 Å². The molecule has 1 N–H and O–H groups in total. The van der Waals surface area contributed by atoms with Gasteiger partial charge in [0.1, 0.15) is 5.58 Å². The molecule has 0 aliphatic carbocycles. The van der Waals surface area contributed by atoms with E-state index in [0.717, 1.165) is 12.1 Å². The van der Waals surface area contributed by atoms with Gasteiger partial charge < -0.3 is 9.73 Å². The Labute approximate surface area is 116 Å². The van der Waals surface area contributed by atoms with E-state index in [0.29, 0.717) is 6.04 Å². The monoisotopic (exact) mass is 259 g/mol. The molecule has 0 spiro atoms. The topological polar surface area (TPSA) is 25.2 Å². The van der Waals surface area contributed by atoms with Crippen LogP contribution in [0.1, 0.15) is 51.5 Å². The highest BCUT2D eigenvalue weighted by molar-refractivity contribution is 5.80. The van der Waals surface area contributed by atoms with Crippen molar-refractivity contribution in [2.75, 3.05) is 0 Å². The van der Waals surface area contributed by atoms with Crippen molar-refractivity contribution in [3.05, 3.63) is 36.1 Å². The minimum absolute atomic E-state index is 0.575. The molecular formula is C17H25NO. The number of benzene rings is 1. The van der Waals surface area contributed by atoms with Crippen LogP contribution in [0.3, 0.4) is 0 Å². The Bertz CT molecular complexity index is 489. The third-order valence-corrected chi connectivity index (χ3v) is 3.69. The highest BCUT2D eigenvalue weighted by atomic mass is 16.3. The van der Waals surface area contributed by atoms with E-state index in [-0.39, 0.29) is 0 Å². The molecule has 0 fully saturated rings. The number of fused-ring (bicyclic) bond motifs is 1. The van der Waals surface area contributed by atoms with Gasteiger partial charge in [-0.25, -0.2) is 0 Å². The molecule has 2 heteroatoms. The summed E-state index contributed by atoms with van der Waals surface area (Å²) in [5, 5.41) is 4.82. The van der Waals surface area contributed by atoms with Crippen LogP contribution >= 0.6 is 0 Å². The fourth-order valence-electron chi connectivity index (χ4n) is 2.43.